The topological polar surface area (TPSA) is 54.0 Å². The van der Waals surface area contributed by atoms with E-state index in [1.165, 1.54) is 0 Å². The lowest BCUT2D eigenvalue weighted by Crippen LogP contribution is -2.56. The second-order valence-electron chi connectivity index (χ2n) is 5.14. The van der Waals surface area contributed by atoms with Crippen molar-refractivity contribution in [2.75, 3.05) is 13.1 Å². The first-order valence-corrected chi connectivity index (χ1v) is 6.53. The standard InChI is InChI=1S/C15H17N3O/c1-9-5-10(2)17-14-4-3-11(6-13(9)14)15(19)18-12-7-16-8-12/h3-6,12,16H,7-8H2,1-2H3,(H,18,19). The highest BCUT2D eigenvalue weighted by molar-refractivity contribution is 5.98. The van der Waals surface area contributed by atoms with Crippen molar-refractivity contribution in [3.63, 3.8) is 0 Å². The number of hydrogen-bond donors (Lipinski definition) is 2. The normalized spacial score (nSPS) is 15.3. The van der Waals surface area contributed by atoms with Crippen molar-refractivity contribution in [1.82, 2.24) is 15.6 Å². The number of nitrogens with one attached hydrogen (secondary N) is 2. The van der Waals surface area contributed by atoms with Gasteiger partial charge in [-0.15, -0.1) is 0 Å². The summed E-state index contributed by atoms with van der Waals surface area (Å²) in [7, 11) is 0. The van der Waals surface area contributed by atoms with E-state index in [1.54, 1.807) is 0 Å². The van der Waals surface area contributed by atoms with Crippen LogP contribution in [0.5, 0.6) is 0 Å². The third kappa shape index (κ3) is 2.31. The van der Waals surface area contributed by atoms with Gasteiger partial charge in [0.05, 0.1) is 11.6 Å². The SMILES string of the molecule is Cc1cc(C)c2cc(C(=O)NC3CNC3)ccc2n1. The molecule has 2 aromatic rings. The minimum absolute atomic E-state index is 0.00613. The van der Waals surface area contributed by atoms with Crippen LogP contribution in [0.4, 0.5) is 0 Å². The van der Waals surface area contributed by atoms with Crippen molar-refractivity contribution in [2.45, 2.75) is 19.9 Å². The first kappa shape index (κ1) is 12.1. The third-order valence-electron chi connectivity index (χ3n) is 3.52. The number of aromatic nitrogens is 1. The number of carbonyl (C=O) groups excluding carboxylic acids is 1. The van der Waals surface area contributed by atoms with Gasteiger partial charge in [-0.1, -0.05) is 0 Å². The second-order valence-corrected chi connectivity index (χ2v) is 5.14. The molecule has 1 aromatic heterocycles. The van der Waals surface area contributed by atoms with E-state index >= 15 is 0 Å². The summed E-state index contributed by atoms with van der Waals surface area (Å²) < 4.78 is 0. The van der Waals surface area contributed by atoms with Gasteiger partial charge >= 0.3 is 0 Å². The minimum atomic E-state index is -0.00613. The smallest absolute Gasteiger partial charge is 0.251 e. The zero-order chi connectivity index (χ0) is 13.4. The van der Waals surface area contributed by atoms with Crippen molar-refractivity contribution in [2.24, 2.45) is 0 Å². The largest absolute Gasteiger partial charge is 0.347 e. The fourth-order valence-corrected chi connectivity index (χ4v) is 2.36. The summed E-state index contributed by atoms with van der Waals surface area (Å²) in [6, 6.07) is 8.00. The Kier molecular flexibility index (Phi) is 2.95. The van der Waals surface area contributed by atoms with Crippen molar-refractivity contribution >= 4 is 16.8 Å². The summed E-state index contributed by atoms with van der Waals surface area (Å²) in [5.74, 6) is -0.00613. The third-order valence-corrected chi connectivity index (χ3v) is 3.52. The average molecular weight is 255 g/mol. The van der Waals surface area contributed by atoms with Gasteiger partial charge in [0.15, 0.2) is 0 Å². The molecule has 1 fully saturated rings. The molecule has 0 spiro atoms. The Balaban J connectivity index is 1.94. The lowest BCUT2D eigenvalue weighted by molar-refractivity contribution is 0.0924. The lowest BCUT2D eigenvalue weighted by atomic mass is 10.0. The average Bonchev–Trinajstić information content (AvgIpc) is 2.33. The Morgan fingerprint density at radius 3 is 2.79 bits per heavy atom. The molecule has 1 amide bonds. The maximum atomic E-state index is 12.1. The Morgan fingerprint density at radius 1 is 1.32 bits per heavy atom. The number of hydrogen-bond acceptors (Lipinski definition) is 3. The van der Waals surface area contributed by atoms with Crippen LogP contribution in [0.15, 0.2) is 24.3 Å². The van der Waals surface area contributed by atoms with Crippen LogP contribution in [0, 0.1) is 13.8 Å². The van der Waals surface area contributed by atoms with Crippen molar-refractivity contribution in [1.29, 1.82) is 0 Å². The molecule has 0 bridgehead atoms. The van der Waals surface area contributed by atoms with Crippen LogP contribution in [0.1, 0.15) is 21.6 Å². The maximum Gasteiger partial charge on any atom is 0.251 e. The number of carbonyl (C=O) groups is 1. The van der Waals surface area contributed by atoms with Gasteiger partial charge in [-0.25, -0.2) is 0 Å². The van der Waals surface area contributed by atoms with Crippen molar-refractivity contribution in [3.8, 4) is 0 Å². The van der Waals surface area contributed by atoms with E-state index in [2.05, 4.69) is 22.5 Å². The van der Waals surface area contributed by atoms with E-state index in [9.17, 15) is 4.79 Å². The van der Waals surface area contributed by atoms with Gasteiger partial charge in [-0.05, 0) is 43.7 Å². The highest BCUT2D eigenvalue weighted by Gasteiger charge is 2.19. The van der Waals surface area contributed by atoms with Crippen LogP contribution >= 0.6 is 0 Å². The van der Waals surface area contributed by atoms with Gasteiger partial charge < -0.3 is 10.6 Å². The van der Waals surface area contributed by atoms with E-state index < -0.39 is 0 Å². The molecule has 1 aliphatic rings. The number of benzene rings is 1. The Bertz CT molecular complexity index is 647. The molecule has 0 saturated carbocycles. The summed E-state index contributed by atoms with van der Waals surface area (Å²) >= 11 is 0. The molecule has 0 aliphatic carbocycles. The van der Waals surface area contributed by atoms with Gasteiger partial charge in [0.2, 0.25) is 0 Å². The summed E-state index contributed by atoms with van der Waals surface area (Å²) in [6.07, 6.45) is 0. The number of pyridine rings is 1. The van der Waals surface area contributed by atoms with Crippen molar-refractivity contribution in [3.05, 3.63) is 41.1 Å². The predicted molar refractivity (Wildman–Crippen MR) is 75.3 cm³/mol. The molecule has 98 valence electrons. The quantitative estimate of drug-likeness (QED) is 0.856. The number of rotatable bonds is 2. The maximum absolute atomic E-state index is 12.1. The van der Waals surface area contributed by atoms with Gasteiger partial charge in [0.25, 0.3) is 5.91 Å². The van der Waals surface area contributed by atoms with E-state index in [0.29, 0.717) is 5.56 Å². The lowest BCUT2D eigenvalue weighted by Gasteiger charge is -2.27. The molecule has 3 rings (SSSR count). The van der Waals surface area contributed by atoms with Crippen LogP contribution in [-0.2, 0) is 0 Å². The molecule has 0 unspecified atom stereocenters. The number of amides is 1. The van der Waals surface area contributed by atoms with E-state index in [4.69, 9.17) is 0 Å². The summed E-state index contributed by atoms with van der Waals surface area (Å²) in [5.41, 5.74) is 3.80. The zero-order valence-corrected chi connectivity index (χ0v) is 11.2. The first-order valence-electron chi connectivity index (χ1n) is 6.53. The van der Waals surface area contributed by atoms with E-state index in [1.807, 2.05) is 31.2 Å². The molecule has 19 heavy (non-hydrogen) atoms. The Hall–Kier alpha value is -1.94. The van der Waals surface area contributed by atoms with Gasteiger partial charge in [-0.2, -0.15) is 0 Å². The summed E-state index contributed by atoms with van der Waals surface area (Å²) in [4.78, 5) is 16.6. The van der Waals surface area contributed by atoms with Gasteiger partial charge in [0.1, 0.15) is 0 Å². The fraction of sp³-hybridized carbons (Fsp3) is 0.333. The predicted octanol–water partition coefficient (Wildman–Crippen LogP) is 1.55. The fourth-order valence-electron chi connectivity index (χ4n) is 2.36. The van der Waals surface area contributed by atoms with Crippen LogP contribution in [0.2, 0.25) is 0 Å². The number of fused-ring (bicyclic) bond motifs is 1. The molecule has 4 heteroatoms. The highest BCUT2D eigenvalue weighted by Crippen LogP contribution is 2.19. The Labute approximate surface area is 112 Å². The van der Waals surface area contributed by atoms with Crippen LogP contribution in [0.25, 0.3) is 10.9 Å². The highest BCUT2D eigenvalue weighted by atomic mass is 16.1. The molecule has 1 saturated heterocycles. The zero-order valence-electron chi connectivity index (χ0n) is 11.2. The monoisotopic (exact) mass is 255 g/mol. The van der Waals surface area contributed by atoms with Crippen LogP contribution < -0.4 is 10.6 Å². The van der Waals surface area contributed by atoms with Crippen molar-refractivity contribution < 1.29 is 4.79 Å². The number of aryl methyl sites for hydroxylation is 2. The molecule has 1 aliphatic heterocycles. The van der Waals surface area contributed by atoms with Gasteiger partial charge in [0, 0.05) is 29.7 Å². The van der Waals surface area contributed by atoms with E-state index in [-0.39, 0.29) is 11.9 Å². The van der Waals surface area contributed by atoms with E-state index in [0.717, 1.165) is 35.2 Å². The van der Waals surface area contributed by atoms with Crippen LogP contribution in [0.3, 0.4) is 0 Å². The molecule has 0 radical (unpaired) electrons. The first-order chi connectivity index (χ1) is 9.13. The molecular formula is C15H17N3O. The molecule has 2 heterocycles. The summed E-state index contributed by atoms with van der Waals surface area (Å²) in [5, 5.41) is 7.19. The molecule has 2 N–H and O–H groups in total. The Morgan fingerprint density at radius 2 is 2.11 bits per heavy atom. The van der Waals surface area contributed by atoms with Crippen LogP contribution in [-0.4, -0.2) is 30.0 Å². The second kappa shape index (κ2) is 4.63. The molecule has 0 atom stereocenters. The minimum Gasteiger partial charge on any atom is -0.347 e. The molecule has 1 aromatic carbocycles. The number of nitrogens with zero attached hydrogens (tertiary/aromatic N) is 1. The summed E-state index contributed by atoms with van der Waals surface area (Å²) in [6.45, 7) is 5.75. The molecular weight excluding hydrogens is 238 g/mol. The van der Waals surface area contributed by atoms with Gasteiger partial charge in [-0.3, -0.25) is 9.78 Å². The molecule has 4 nitrogen and oxygen atoms in total.